The number of rotatable bonds is 3. The number of carbonyl (C=O) groups is 1. The van der Waals surface area contributed by atoms with Crippen molar-refractivity contribution in [2.45, 2.75) is 34.6 Å². The molecule has 0 saturated carbocycles. The van der Waals surface area contributed by atoms with Crippen molar-refractivity contribution in [1.29, 1.82) is 0 Å². The normalized spacial score (nSPS) is 11.2. The molecule has 0 saturated heterocycles. The summed E-state index contributed by atoms with van der Waals surface area (Å²) in [7, 11) is 1.65. The Morgan fingerprint density at radius 3 is 2.39 bits per heavy atom. The van der Waals surface area contributed by atoms with E-state index in [0.717, 1.165) is 17.0 Å². The van der Waals surface area contributed by atoms with Crippen LogP contribution < -0.4 is 9.64 Å². The number of ether oxygens (including phenoxy) is 1. The van der Waals surface area contributed by atoms with Gasteiger partial charge in [0.15, 0.2) is 0 Å². The van der Waals surface area contributed by atoms with Gasteiger partial charge in [-0.2, -0.15) is 0 Å². The first-order chi connectivity index (χ1) is 8.24. The number of benzene rings is 1. The number of anilines is 1. The lowest BCUT2D eigenvalue weighted by Crippen LogP contribution is -2.36. The van der Waals surface area contributed by atoms with Gasteiger partial charge in [-0.1, -0.05) is 26.8 Å². The lowest BCUT2D eigenvalue weighted by atomic mass is 9.95. The van der Waals surface area contributed by atoms with Crippen LogP contribution >= 0.6 is 0 Å². The third-order valence-corrected chi connectivity index (χ3v) is 2.72. The van der Waals surface area contributed by atoms with Crippen molar-refractivity contribution in [3.63, 3.8) is 0 Å². The zero-order valence-corrected chi connectivity index (χ0v) is 12.2. The quantitative estimate of drug-likeness (QED) is 0.821. The highest BCUT2D eigenvalue weighted by molar-refractivity contribution is 5.91. The first-order valence-corrected chi connectivity index (χ1v) is 6.17. The van der Waals surface area contributed by atoms with E-state index in [1.165, 1.54) is 0 Å². The molecule has 0 N–H and O–H groups in total. The smallest absolute Gasteiger partial charge is 0.223 e. The first kappa shape index (κ1) is 14.6. The third-order valence-electron chi connectivity index (χ3n) is 2.72. The van der Waals surface area contributed by atoms with E-state index < -0.39 is 0 Å². The van der Waals surface area contributed by atoms with Crippen molar-refractivity contribution in [3.05, 3.63) is 23.8 Å². The molecule has 0 atom stereocenters. The molecule has 100 valence electrons. The molecule has 3 heteroatoms. The molecule has 1 aromatic rings. The number of methoxy groups -OCH3 is 1. The maximum Gasteiger partial charge on any atom is 0.223 e. The number of hydrogen-bond acceptors (Lipinski definition) is 2. The molecule has 0 spiro atoms. The topological polar surface area (TPSA) is 29.5 Å². The van der Waals surface area contributed by atoms with E-state index in [4.69, 9.17) is 4.74 Å². The van der Waals surface area contributed by atoms with Crippen LogP contribution in [0, 0.1) is 12.3 Å². The van der Waals surface area contributed by atoms with Crippen LogP contribution in [0.3, 0.4) is 0 Å². The van der Waals surface area contributed by atoms with Crippen LogP contribution in [0.25, 0.3) is 0 Å². The predicted octanol–water partition coefficient (Wildman–Crippen LogP) is 3.40. The van der Waals surface area contributed by atoms with Gasteiger partial charge < -0.3 is 9.64 Å². The van der Waals surface area contributed by atoms with Crippen molar-refractivity contribution in [3.8, 4) is 5.75 Å². The second-order valence-corrected chi connectivity index (χ2v) is 5.82. The number of aryl methyl sites for hydroxylation is 1. The van der Waals surface area contributed by atoms with Gasteiger partial charge in [0, 0.05) is 25.2 Å². The summed E-state index contributed by atoms with van der Waals surface area (Å²) >= 11 is 0. The molecular formula is C15H23NO2. The van der Waals surface area contributed by atoms with Crippen LogP contribution in [0.1, 0.15) is 33.3 Å². The minimum Gasteiger partial charge on any atom is -0.496 e. The maximum absolute atomic E-state index is 11.8. The van der Waals surface area contributed by atoms with Gasteiger partial charge in [0.25, 0.3) is 0 Å². The Kier molecular flexibility index (Phi) is 4.38. The second kappa shape index (κ2) is 5.42. The molecular weight excluding hydrogens is 226 g/mol. The first-order valence-electron chi connectivity index (χ1n) is 6.17. The maximum atomic E-state index is 11.8. The Morgan fingerprint density at radius 1 is 1.33 bits per heavy atom. The van der Waals surface area contributed by atoms with Crippen LogP contribution in [0.15, 0.2) is 18.2 Å². The highest BCUT2D eigenvalue weighted by atomic mass is 16.5. The largest absolute Gasteiger partial charge is 0.496 e. The van der Waals surface area contributed by atoms with Crippen molar-refractivity contribution < 1.29 is 9.53 Å². The van der Waals surface area contributed by atoms with E-state index in [1.807, 2.05) is 25.1 Å². The van der Waals surface area contributed by atoms with Crippen molar-refractivity contribution in [2.24, 2.45) is 5.41 Å². The molecule has 0 radical (unpaired) electrons. The summed E-state index contributed by atoms with van der Waals surface area (Å²) in [4.78, 5) is 13.6. The minimum atomic E-state index is 0.0517. The van der Waals surface area contributed by atoms with Crippen molar-refractivity contribution in [2.75, 3.05) is 18.6 Å². The lowest BCUT2D eigenvalue weighted by Gasteiger charge is -2.29. The zero-order valence-electron chi connectivity index (χ0n) is 12.2. The second-order valence-electron chi connectivity index (χ2n) is 5.82. The Morgan fingerprint density at radius 2 is 1.94 bits per heavy atom. The van der Waals surface area contributed by atoms with Gasteiger partial charge in [0.1, 0.15) is 5.75 Å². The SMILES string of the molecule is COc1cc(N(CC(C)(C)C)C(C)=O)ccc1C. The molecule has 0 aromatic heterocycles. The number of amides is 1. The van der Waals surface area contributed by atoms with Gasteiger partial charge in [-0.05, 0) is 24.0 Å². The molecule has 3 nitrogen and oxygen atoms in total. The molecule has 0 fully saturated rings. The van der Waals surface area contributed by atoms with Crippen LogP contribution in [0.5, 0.6) is 5.75 Å². The monoisotopic (exact) mass is 249 g/mol. The fourth-order valence-corrected chi connectivity index (χ4v) is 1.84. The van der Waals surface area contributed by atoms with Crippen LogP contribution in [0.4, 0.5) is 5.69 Å². The number of carbonyl (C=O) groups excluding carboxylic acids is 1. The van der Waals surface area contributed by atoms with E-state index in [2.05, 4.69) is 20.8 Å². The molecule has 18 heavy (non-hydrogen) atoms. The Hall–Kier alpha value is -1.51. The number of hydrogen-bond donors (Lipinski definition) is 0. The molecule has 1 rings (SSSR count). The van der Waals surface area contributed by atoms with Gasteiger partial charge >= 0.3 is 0 Å². The molecule has 0 bridgehead atoms. The summed E-state index contributed by atoms with van der Waals surface area (Å²) in [6.45, 7) is 10.6. The summed E-state index contributed by atoms with van der Waals surface area (Å²) in [6.07, 6.45) is 0. The predicted molar refractivity (Wildman–Crippen MR) is 75.2 cm³/mol. The lowest BCUT2D eigenvalue weighted by molar-refractivity contribution is -0.116. The van der Waals surface area contributed by atoms with Gasteiger partial charge in [-0.25, -0.2) is 0 Å². The standard InChI is InChI=1S/C15H23NO2/c1-11-7-8-13(9-14(11)18-6)16(12(2)17)10-15(3,4)5/h7-9H,10H2,1-6H3. The molecule has 0 heterocycles. The fourth-order valence-electron chi connectivity index (χ4n) is 1.84. The van der Waals surface area contributed by atoms with E-state index in [0.29, 0.717) is 6.54 Å². The highest BCUT2D eigenvalue weighted by Crippen LogP contribution is 2.27. The summed E-state index contributed by atoms with van der Waals surface area (Å²) in [5.74, 6) is 0.864. The van der Waals surface area contributed by atoms with Gasteiger partial charge in [-0.15, -0.1) is 0 Å². The van der Waals surface area contributed by atoms with Crippen molar-refractivity contribution in [1.82, 2.24) is 0 Å². The van der Waals surface area contributed by atoms with E-state index in [9.17, 15) is 4.79 Å². The van der Waals surface area contributed by atoms with Crippen molar-refractivity contribution >= 4 is 11.6 Å². The summed E-state index contributed by atoms with van der Waals surface area (Å²) in [5.41, 5.74) is 2.02. The van der Waals surface area contributed by atoms with Crippen LogP contribution in [-0.4, -0.2) is 19.6 Å². The molecule has 0 aliphatic rings. The van der Waals surface area contributed by atoms with Gasteiger partial charge in [0.05, 0.1) is 7.11 Å². The Bertz CT molecular complexity index is 433. The average molecular weight is 249 g/mol. The Balaban J connectivity index is 3.10. The van der Waals surface area contributed by atoms with E-state index in [1.54, 1.807) is 18.9 Å². The van der Waals surface area contributed by atoms with Crippen LogP contribution in [0.2, 0.25) is 0 Å². The average Bonchev–Trinajstić information content (AvgIpc) is 2.25. The van der Waals surface area contributed by atoms with Gasteiger partial charge in [-0.3, -0.25) is 4.79 Å². The van der Waals surface area contributed by atoms with E-state index in [-0.39, 0.29) is 11.3 Å². The molecule has 0 aliphatic carbocycles. The minimum absolute atomic E-state index is 0.0517. The zero-order chi connectivity index (χ0) is 13.9. The van der Waals surface area contributed by atoms with Gasteiger partial charge in [0.2, 0.25) is 5.91 Å². The molecule has 1 aromatic carbocycles. The highest BCUT2D eigenvalue weighted by Gasteiger charge is 2.20. The fraction of sp³-hybridized carbons (Fsp3) is 0.533. The summed E-state index contributed by atoms with van der Waals surface area (Å²) < 4.78 is 5.31. The van der Waals surface area contributed by atoms with Crippen LogP contribution in [-0.2, 0) is 4.79 Å². The molecule has 0 unspecified atom stereocenters. The summed E-state index contributed by atoms with van der Waals surface area (Å²) in [5, 5.41) is 0. The molecule has 1 amide bonds. The Labute approximate surface area is 110 Å². The summed E-state index contributed by atoms with van der Waals surface area (Å²) in [6, 6.07) is 5.86. The third kappa shape index (κ3) is 3.76. The number of nitrogens with zero attached hydrogens (tertiary/aromatic N) is 1. The molecule has 0 aliphatic heterocycles. The van der Waals surface area contributed by atoms with E-state index >= 15 is 0 Å².